The SMILES string of the molecule is CCOc1ccccc1CN(CCOC)C(=O)CCl. The minimum absolute atomic E-state index is 0.0273. The summed E-state index contributed by atoms with van der Waals surface area (Å²) in [5.41, 5.74) is 0.971. The van der Waals surface area contributed by atoms with Gasteiger partial charge in [0.15, 0.2) is 0 Å². The second kappa shape index (κ2) is 8.77. The second-order valence-corrected chi connectivity index (χ2v) is 4.25. The molecule has 0 aliphatic carbocycles. The zero-order chi connectivity index (χ0) is 14.1. The van der Waals surface area contributed by atoms with Crippen LogP contribution in [-0.4, -0.2) is 43.6 Å². The van der Waals surface area contributed by atoms with Crippen LogP contribution in [0.5, 0.6) is 5.75 Å². The Morgan fingerprint density at radius 2 is 2.11 bits per heavy atom. The zero-order valence-electron chi connectivity index (χ0n) is 11.4. The van der Waals surface area contributed by atoms with Gasteiger partial charge in [-0.1, -0.05) is 18.2 Å². The monoisotopic (exact) mass is 285 g/mol. The molecule has 106 valence electrons. The zero-order valence-corrected chi connectivity index (χ0v) is 12.2. The van der Waals surface area contributed by atoms with Crippen molar-refractivity contribution in [2.24, 2.45) is 0 Å². The molecule has 5 heteroatoms. The average molecular weight is 286 g/mol. The number of methoxy groups -OCH3 is 1. The molecule has 4 nitrogen and oxygen atoms in total. The van der Waals surface area contributed by atoms with Gasteiger partial charge in [-0.25, -0.2) is 0 Å². The molecule has 0 aromatic heterocycles. The maximum absolute atomic E-state index is 11.8. The molecule has 0 aliphatic heterocycles. The lowest BCUT2D eigenvalue weighted by atomic mass is 10.2. The fourth-order valence-corrected chi connectivity index (χ4v) is 1.88. The van der Waals surface area contributed by atoms with Crippen LogP contribution in [0, 0.1) is 0 Å². The number of rotatable bonds is 8. The topological polar surface area (TPSA) is 38.8 Å². The third-order valence-electron chi connectivity index (χ3n) is 2.67. The molecule has 1 rings (SSSR count). The number of hydrogen-bond donors (Lipinski definition) is 0. The first-order valence-electron chi connectivity index (χ1n) is 6.26. The third kappa shape index (κ3) is 5.09. The maximum atomic E-state index is 11.8. The molecule has 0 fully saturated rings. The molecule has 0 spiro atoms. The molecule has 0 saturated carbocycles. The van der Waals surface area contributed by atoms with E-state index in [0.717, 1.165) is 11.3 Å². The van der Waals surface area contributed by atoms with Crippen molar-refractivity contribution in [1.82, 2.24) is 4.90 Å². The van der Waals surface area contributed by atoms with Gasteiger partial charge in [0, 0.05) is 25.8 Å². The van der Waals surface area contributed by atoms with Crippen molar-refractivity contribution in [2.45, 2.75) is 13.5 Å². The number of nitrogens with zero attached hydrogens (tertiary/aromatic N) is 1. The lowest BCUT2D eigenvalue weighted by Gasteiger charge is -2.22. The first kappa shape index (κ1) is 15.8. The maximum Gasteiger partial charge on any atom is 0.237 e. The lowest BCUT2D eigenvalue weighted by molar-refractivity contribution is -0.129. The third-order valence-corrected chi connectivity index (χ3v) is 2.89. The molecule has 0 radical (unpaired) electrons. The predicted molar refractivity (Wildman–Crippen MR) is 75.6 cm³/mol. The number of amides is 1. The number of halogens is 1. The summed E-state index contributed by atoms with van der Waals surface area (Å²) in [5, 5.41) is 0. The molecule has 0 aliphatic rings. The van der Waals surface area contributed by atoms with Gasteiger partial charge < -0.3 is 14.4 Å². The van der Waals surface area contributed by atoms with Gasteiger partial charge in [0.2, 0.25) is 5.91 Å². The summed E-state index contributed by atoms with van der Waals surface area (Å²) < 4.78 is 10.6. The van der Waals surface area contributed by atoms with Crippen molar-refractivity contribution >= 4 is 17.5 Å². The van der Waals surface area contributed by atoms with Gasteiger partial charge in [0.05, 0.1) is 13.2 Å². The Labute approximate surface area is 119 Å². The molecule has 1 amide bonds. The van der Waals surface area contributed by atoms with Crippen molar-refractivity contribution in [3.05, 3.63) is 29.8 Å². The van der Waals surface area contributed by atoms with Crippen LogP contribution in [0.4, 0.5) is 0 Å². The van der Waals surface area contributed by atoms with Crippen molar-refractivity contribution in [3.8, 4) is 5.75 Å². The van der Waals surface area contributed by atoms with E-state index in [1.54, 1.807) is 12.0 Å². The van der Waals surface area contributed by atoms with E-state index in [4.69, 9.17) is 21.1 Å². The molecular weight excluding hydrogens is 266 g/mol. The number of hydrogen-bond acceptors (Lipinski definition) is 3. The number of alkyl halides is 1. The van der Waals surface area contributed by atoms with Crippen molar-refractivity contribution in [1.29, 1.82) is 0 Å². The Morgan fingerprint density at radius 3 is 2.74 bits per heavy atom. The first-order valence-corrected chi connectivity index (χ1v) is 6.79. The Balaban J connectivity index is 2.79. The summed E-state index contributed by atoms with van der Waals surface area (Å²) in [6.45, 7) is 4.01. The highest BCUT2D eigenvalue weighted by atomic mass is 35.5. The Kier molecular flexibility index (Phi) is 7.30. The highest BCUT2D eigenvalue weighted by Gasteiger charge is 2.14. The number of para-hydroxylation sites is 1. The van der Waals surface area contributed by atoms with Crippen molar-refractivity contribution in [2.75, 3.05) is 32.7 Å². The van der Waals surface area contributed by atoms with Crippen LogP contribution in [0.25, 0.3) is 0 Å². The van der Waals surface area contributed by atoms with Crippen LogP contribution < -0.4 is 4.74 Å². The standard InChI is InChI=1S/C14H20ClNO3/c1-3-19-13-7-5-4-6-12(13)11-16(8-9-18-2)14(17)10-15/h4-7H,3,8-11H2,1-2H3. The van der Waals surface area contributed by atoms with E-state index < -0.39 is 0 Å². The summed E-state index contributed by atoms with van der Waals surface area (Å²) in [4.78, 5) is 13.5. The largest absolute Gasteiger partial charge is 0.494 e. The van der Waals surface area contributed by atoms with Gasteiger partial charge in [-0.3, -0.25) is 4.79 Å². The summed E-state index contributed by atoms with van der Waals surface area (Å²) in [6, 6.07) is 7.69. The highest BCUT2D eigenvalue weighted by Crippen LogP contribution is 2.20. The van der Waals surface area contributed by atoms with Gasteiger partial charge >= 0.3 is 0 Å². The van der Waals surface area contributed by atoms with Crippen LogP contribution in [-0.2, 0) is 16.1 Å². The lowest BCUT2D eigenvalue weighted by Crippen LogP contribution is -2.34. The normalized spacial score (nSPS) is 10.3. The number of benzene rings is 1. The minimum Gasteiger partial charge on any atom is -0.494 e. The van der Waals surface area contributed by atoms with Gasteiger partial charge in [-0.2, -0.15) is 0 Å². The van der Waals surface area contributed by atoms with E-state index >= 15 is 0 Å². The van der Waals surface area contributed by atoms with Gasteiger partial charge in [-0.05, 0) is 13.0 Å². The predicted octanol–water partition coefficient (Wildman–Crippen LogP) is 2.30. The molecule has 1 aromatic carbocycles. The van der Waals surface area contributed by atoms with Gasteiger partial charge in [0.25, 0.3) is 0 Å². The molecule has 0 N–H and O–H groups in total. The Morgan fingerprint density at radius 1 is 1.37 bits per heavy atom. The van der Waals surface area contributed by atoms with E-state index in [1.165, 1.54) is 0 Å². The Hall–Kier alpha value is -1.26. The second-order valence-electron chi connectivity index (χ2n) is 3.98. The van der Waals surface area contributed by atoms with Crippen LogP contribution in [0.15, 0.2) is 24.3 Å². The first-order chi connectivity index (χ1) is 9.22. The number of carbonyl (C=O) groups excluding carboxylic acids is 1. The van der Waals surface area contributed by atoms with E-state index in [0.29, 0.717) is 26.3 Å². The van der Waals surface area contributed by atoms with E-state index in [1.807, 2.05) is 31.2 Å². The number of ether oxygens (including phenoxy) is 2. The van der Waals surface area contributed by atoms with E-state index in [2.05, 4.69) is 0 Å². The van der Waals surface area contributed by atoms with E-state index in [-0.39, 0.29) is 11.8 Å². The molecule has 19 heavy (non-hydrogen) atoms. The van der Waals surface area contributed by atoms with Gasteiger partial charge in [0.1, 0.15) is 11.6 Å². The molecule has 0 bridgehead atoms. The molecular formula is C14H20ClNO3. The van der Waals surface area contributed by atoms with Crippen molar-refractivity contribution < 1.29 is 14.3 Å². The smallest absolute Gasteiger partial charge is 0.237 e. The molecule has 0 saturated heterocycles. The van der Waals surface area contributed by atoms with Crippen LogP contribution in [0.2, 0.25) is 0 Å². The molecule has 0 atom stereocenters. The molecule has 1 aromatic rings. The molecule has 0 unspecified atom stereocenters. The summed E-state index contributed by atoms with van der Waals surface area (Å²) in [7, 11) is 1.61. The fraction of sp³-hybridized carbons (Fsp3) is 0.500. The summed E-state index contributed by atoms with van der Waals surface area (Å²) in [6.07, 6.45) is 0. The van der Waals surface area contributed by atoms with Crippen molar-refractivity contribution in [3.63, 3.8) is 0 Å². The van der Waals surface area contributed by atoms with E-state index in [9.17, 15) is 4.79 Å². The summed E-state index contributed by atoms with van der Waals surface area (Å²) >= 11 is 5.63. The summed E-state index contributed by atoms with van der Waals surface area (Å²) in [5.74, 6) is 0.667. The van der Waals surface area contributed by atoms with Gasteiger partial charge in [-0.15, -0.1) is 11.6 Å². The fourth-order valence-electron chi connectivity index (χ4n) is 1.71. The average Bonchev–Trinajstić information content (AvgIpc) is 2.44. The number of carbonyl (C=O) groups is 1. The quantitative estimate of drug-likeness (QED) is 0.688. The van der Waals surface area contributed by atoms with Crippen LogP contribution in [0.1, 0.15) is 12.5 Å². The highest BCUT2D eigenvalue weighted by molar-refractivity contribution is 6.27. The Bertz CT molecular complexity index is 398. The van der Waals surface area contributed by atoms with Crippen LogP contribution >= 0.6 is 11.6 Å². The molecule has 0 heterocycles. The minimum atomic E-state index is -0.106. The van der Waals surface area contributed by atoms with Crippen LogP contribution in [0.3, 0.4) is 0 Å².